The van der Waals surface area contributed by atoms with Crippen LogP contribution in [0.3, 0.4) is 0 Å². The van der Waals surface area contributed by atoms with Crippen LogP contribution in [0.2, 0.25) is 0 Å². The highest BCUT2D eigenvalue weighted by Gasteiger charge is 2.17. The zero-order valence-electron chi connectivity index (χ0n) is 10.8. The zero-order chi connectivity index (χ0) is 13.8. The molecule has 0 fully saturated rings. The number of fused-ring (bicyclic) bond motifs is 1. The third kappa shape index (κ3) is 3.64. The number of hydrogen-bond donors (Lipinski definition) is 2. The lowest BCUT2D eigenvalue weighted by Gasteiger charge is -2.06. The maximum atomic E-state index is 11.5. The van der Waals surface area contributed by atoms with Crippen LogP contribution in [0.15, 0.2) is 18.2 Å². The van der Waals surface area contributed by atoms with Crippen molar-refractivity contribution < 1.29 is 14.4 Å². The number of nitrogens with one attached hydrogen (secondary N) is 2. The molecule has 1 aromatic carbocycles. The summed E-state index contributed by atoms with van der Waals surface area (Å²) in [5.41, 5.74) is 2.75. The summed E-state index contributed by atoms with van der Waals surface area (Å²) in [5, 5.41) is 5.52. The first-order valence-electron chi connectivity index (χ1n) is 6.22. The highest BCUT2D eigenvalue weighted by molar-refractivity contribution is 5.99. The molecule has 0 aliphatic carbocycles. The summed E-state index contributed by atoms with van der Waals surface area (Å²) in [7, 11) is 0. The summed E-state index contributed by atoms with van der Waals surface area (Å²) in [6.45, 7) is 1.88. The van der Waals surface area contributed by atoms with E-state index < -0.39 is 0 Å². The van der Waals surface area contributed by atoms with Crippen molar-refractivity contribution in [3.05, 3.63) is 29.3 Å². The van der Waals surface area contributed by atoms with Crippen LogP contribution in [0.1, 0.15) is 30.9 Å². The van der Waals surface area contributed by atoms with Crippen LogP contribution in [0.4, 0.5) is 5.69 Å². The molecule has 2 amide bonds. The van der Waals surface area contributed by atoms with Crippen molar-refractivity contribution in [3.63, 3.8) is 0 Å². The van der Waals surface area contributed by atoms with Gasteiger partial charge in [0.1, 0.15) is 5.78 Å². The van der Waals surface area contributed by atoms with E-state index in [0.717, 1.165) is 16.8 Å². The van der Waals surface area contributed by atoms with Gasteiger partial charge >= 0.3 is 0 Å². The molecule has 2 N–H and O–H groups in total. The Kier molecular flexibility index (Phi) is 3.94. The van der Waals surface area contributed by atoms with Crippen molar-refractivity contribution in [2.24, 2.45) is 0 Å². The summed E-state index contributed by atoms with van der Waals surface area (Å²) >= 11 is 0. The van der Waals surface area contributed by atoms with Gasteiger partial charge in [-0.25, -0.2) is 0 Å². The molecule has 0 spiro atoms. The van der Waals surface area contributed by atoms with Crippen molar-refractivity contribution in [1.82, 2.24) is 5.32 Å². The Labute approximate surface area is 111 Å². The molecule has 0 aromatic heterocycles. The number of rotatable bonds is 5. The molecule has 100 valence electrons. The smallest absolute Gasteiger partial charge is 0.228 e. The maximum absolute atomic E-state index is 11.5. The number of carbonyl (C=O) groups is 3. The first-order chi connectivity index (χ1) is 9.04. The van der Waals surface area contributed by atoms with E-state index in [-0.39, 0.29) is 30.4 Å². The normalized spacial score (nSPS) is 12.8. The van der Waals surface area contributed by atoms with Gasteiger partial charge in [0.25, 0.3) is 0 Å². The number of Topliss-reactive ketones (excluding diaryl/α,β-unsaturated/α-hetero) is 1. The molecule has 5 nitrogen and oxygen atoms in total. The van der Waals surface area contributed by atoms with E-state index in [9.17, 15) is 14.4 Å². The minimum absolute atomic E-state index is 0.00218. The van der Waals surface area contributed by atoms with Crippen LogP contribution < -0.4 is 10.6 Å². The second kappa shape index (κ2) is 5.65. The predicted octanol–water partition coefficient (Wildman–Crippen LogP) is 1.17. The average Bonchev–Trinajstić information content (AvgIpc) is 2.73. The second-order valence-corrected chi connectivity index (χ2v) is 4.70. The number of benzene rings is 1. The summed E-state index contributed by atoms with van der Waals surface area (Å²) in [6.07, 6.45) is 0.885. The van der Waals surface area contributed by atoms with Gasteiger partial charge in [0, 0.05) is 25.1 Å². The Morgan fingerprint density at radius 3 is 2.84 bits per heavy atom. The monoisotopic (exact) mass is 260 g/mol. The molecule has 2 rings (SSSR count). The Morgan fingerprint density at radius 2 is 2.11 bits per heavy atom. The Hall–Kier alpha value is -2.17. The van der Waals surface area contributed by atoms with Gasteiger partial charge in [-0.1, -0.05) is 12.1 Å². The van der Waals surface area contributed by atoms with Crippen molar-refractivity contribution in [1.29, 1.82) is 0 Å². The van der Waals surface area contributed by atoms with Crippen LogP contribution in [-0.2, 0) is 27.3 Å². The summed E-state index contributed by atoms with van der Waals surface area (Å²) in [6, 6.07) is 5.63. The summed E-state index contributed by atoms with van der Waals surface area (Å²) in [5.74, 6) is -0.125. The van der Waals surface area contributed by atoms with Crippen LogP contribution in [0.25, 0.3) is 0 Å². The molecule has 0 bridgehead atoms. The largest absolute Gasteiger partial charge is 0.352 e. The van der Waals surface area contributed by atoms with E-state index in [0.29, 0.717) is 13.0 Å². The molecule has 0 unspecified atom stereocenters. The molecule has 1 heterocycles. The van der Waals surface area contributed by atoms with E-state index >= 15 is 0 Å². The van der Waals surface area contributed by atoms with E-state index in [1.54, 1.807) is 0 Å². The fourth-order valence-electron chi connectivity index (χ4n) is 1.97. The summed E-state index contributed by atoms with van der Waals surface area (Å²) in [4.78, 5) is 33.5. The van der Waals surface area contributed by atoms with E-state index in [1.165, 1.54) is 6.92 Å². The van der Waals surface area contributed by atoms with E-state index in [2.05, 4.69) is 10.6 Å². The van der Waals surface area contributed by atoms with Crippen molar-refractivity contribution >= 4 is 23.3 Å². The zero-order valence-corrected chi connectivity index (χ0v) is 10.8. The van der Waals surface area contributed by atoms with E-state index in [4.69, 9.17) is 0 Å². The first-order valence-corrected chi connectivity index (χ1v) is 6.22. The third-order valence-electron chi connectivity index (χ3n) is 2.99. The number of amides is 2. The Balaban J connectivity index is 1.87. The lowest BCUT2D eigenvalue weighted by molar-refractivity contribution is -0.124. The van der Waals surface area contributed by atoms with E-state index in [1.807, 2.05) is 18.2 Å². The van der Waals surface area contributed by atoms with Crippen LogP contribution in [0.5, 0.6) is 0 Å². The van der Waals surface area contributed by atoms with Gasteiger partial charge < -0.3 is 15.4 Å². The van der Waals surface area contributed by atoms with Crippen LogP contribution >= 0.6 is 0 Å². The standard InChI is InChI=1S/C14H16N2O3/c1-9(17)2-5-13(18)15-8-10-3-4-12-11(6-10)7-14(19)16-12/h3-4,6H,2,5,7-8H2,1H3,(H,15,18)(H,16,19). The average molecular weight is 260 g/mol. The highest BCUT2D eigenvalue weighted by atomic mass is 16.2. The van der Waals surface area contributed by atoms with Gasteiger partial charge in [-0.15, -0.1) is 0 Å². The van der Waals surface area contributed by atoms with Crippen molar-refractivity contribution in [2.45, 2.75) is 32.7 Å². The maximum Gasteiger partial charge on any atom is 0.228 e. The predicted molar refractivity (Wildman–Crippen MR) is 70.5 cm³/mol. The molecule has 0 radical (unpaired) electrons. The van der Waals surface area contributed by atoms with Crippen molar-refractivity contribution in [2.75, 3.05) is 5.32 Å². The second-order valence-electron chi connectivity index (χ2n) is 4.70. The van der Waals surface area contributed by atoms with Gasteiger partial charge in [0.15, 0.2) is 0 Å². The lowest BCUT2D eigenvalue weighted by atomic mass is 10.1. The summed E-state index contributed by atoms with van der Waals surface area (Å²) < 4.78 is 0. The quantitative estimate of drug-likeness (QED) is 0.834. The third-order valence-corrected chi connectivity index (χ3v) is 2.99. The molecule has 0 saturated heterocycles. The number of carbonyl (C=O) groups excluding carboxylic acids is 3. The number of hydrogen-bond acceptors (Lipinski definition) is 3. The SMILES string of the molecule is CC(=O)CCC(=O)NCc1ccc2c(c1)CC(=O)N2. The van der Waals surface area contributed by atoms with Gasteiger partial charge in [-0.2, -0.15) is 0 Å². The van der Waals surface area contributed by atoms with Crippen molar-refractivity contribution in [3.8, 4) is 0 Å². The van der Waals surface area contributed by atoms with Gasteiger partial charge in [0.2, 0.25) is 11.8 Å². The topological polar surface area (TPSA) is 75.3 Å². The Bertz CT molecular complexity index is 537. The minimum atomic E-state index is -0.134. The highest BCUT2D eigenvalue weighted by Crippen LogP contribution is 2.23. The molecule has 0 atom stereocenters. The molecule has 1 aliphatic rings. The lowest BCUT2D eigenvalue weighted by Crippen LogP contribution is -2.23. The fourth-order valence-corrected chi connectivity index (χ4v) is 1.97. The molecule has 1 aromatic rings. The number of ketones is 1. The Morgan fingerprint density at radius 1 is 1.32 bits per heavy atom. The molecule has 5 heteroatoms. The van der Waals surface area contributed by atoms with Gasteiger partial charge in [0.05, 0.1) is 6.42 Å². The molecule has 19 heavy (non-hydrogen) atoms. The minimum Gasteiger partial charge on any atom is -0.352 e. The molecular weight excluding hydrogens is 244 g/mol. The first kappa shape index (κ1) is 13.3. The molecule has 1 aliphatic heterocycles. The molecular formula is C14H16N2O3. The fraction of sp³-hybridized carbons (Fsp3) is 0.357. The van der Waals surface area contributed by atoms with Crippen LogP contribution in [-0.4, -0.2) is 17.6 Å². The van der Waals surface area contributed by atoms with Crippen LogP contribution in [0, 0.1) is 0 Å². The number of anilines is 1. The molecule has 0 saturated carbocycles. The van der Waals surface area contributed by atoms with Gasteiger partial charge in [-0.05, 0) is 24.1 Å². The van der Waals surface area contributed by atoms with Gasteiger partial charge in [-0.3, -0.25) is 9.59 Å².